The summed E-state index contributed by atoms with van der Waals surface area (Å²) in [6, 6.07) is -0.100. The van der Waals surface area contributed by atoms with Crippen LogP contribution >= 0.6 is 0 Å². The first kappa shape index (κ1) is 12.4. The maximum atomic E-state index is 11.7. The topological polar surface area (TPSA) is 64.6 Å². The molecule has 0 saturated carbocycles. The molecule has 5 nitrogen and oxygen atoms in total. The van der Waals surface area contributed by atoms with Crippen LogP contribution in [-0.4, -0.2) is 61.3 Å². The fraction of sp³-hybridized carbons (Fsp3) is 0.900. The molecule has 0 bridgehead atoms. The number of likely N-dealkylation sites (N-methyl/N-ethyl adjacent to an activating group) is 1. The number of nitrogens with zero attached hydrogens (tertiary/aromatic N) is 1. The maximum absolute atomic E-state index is 11.7. The zero-order chi connectivity index (χ0) is 11.4. The van der Waals surface area contributed by atoms with Crippen molar-refractivity contribution in [1.82, 2.24) is 15.5 Å². The molecule has 0 aliphatic carbocycles. The highest BCUT2D eigenvalue weighted by molar-refractivity contribution is 5.82. The highest BCUT2D eigenvalue weighted by atomic mass is 16.3. The van der Waals surface area contributed by atoms with E-state index in [4.69, 9.17) is 0 Å². The molecule has 0 spiro atoms. The number of rotatable bonds is 4. The van der Waals surface area contributed by atoms with Crippen LogP contribution in [0.5, 0.6) is 0 Å². The quantitative estimate of drug-likeness (QED) is 0.550. The van der Waals surface area contributed by atoms with E-state index in [1.165, 1.54) is 0 Å². The monoisotopic (exact) mass is 215 g/mol. The van der Waals surface area contributed by atoms with E-state index in [0.29, 0.717) is 13.0 Å². The first-order valence-corrected chi connectivity index (χ1v) is 5.35. The van der Waals surface area contributed by atoms with Gasteiger partial charge < -0.3 is 20.6 Å². The van der Waals surface area contributed by atoms with Crippen LogP contribution in [0.15, 0.2) is 0 Å². The van der Waals surface area contributed by atoms with Gasteiger partial charge in [0, 0.05) is 19.1 Å². The third-order valence-electron chi connectivity index (χ3n) is 2.45. The lowest BCUT2D eigenvalue weighted by atomic mass is 10.2. The number of hydrogen-bond donors (Lipinski definition) is 3. The molecule has 3 N–H and O–H groups in total. The number of carbonyl (C=O) groups is 1. The van der Waals surface area contributed by atoms with E-state index < -0.39 is 0 Å². The van der Waals surface area contributed by atoms with E-state index in [2.05, 4.69) is 10.6 Å². The molecule has 0 aromatic carbocycles. The van der Waals surface area contributed by atoms with Crippen LogP contribution in [0, 0.1) is 0 Å². The van der Waals surface area contributed by atoms with Crippen molar-refractivity contribution in [3.05, 3.63) is 0 Å². The Morgan fingerprint density at radius 1 is 1.67 bits per heavy atom. The molecule has 0 aromatic rings. The van der Waals surface area contributed by atoms with Crippen LogP contribution in [0.2, 0.25) is 0 Å². The average Bonchev–Trinajstić information content (AvgIpc) is 2.49. The Balaban J connectivity index is 2.29. The lowest BCUT2D eigenvalue weighted by molar-refractivity contribution is -0.123. The molecule has 5 heteroatoms. The van der Waals surface area contributed by atoms with Gasteiger partial charge in [0.25, 0.3) is 0 Å². The number of aliphatic hydroxyl groups excluding tert-OH is 1. The van der Waals surface area contributed by atoms with E-state index in [0.717, 1.165) is 6.54 Å². The smallest absolute Gasteiger partial charge is 0.237 e. The minimum atomic E-state index is -0.384. The molecule has 1 saturated heterocycles. The third kappa shape index (κ3) is 4.15. The summed E-state index contributed by atoms with van der Waals surface area (Å²) in [5.74, 6) is -0.0131. The second-order valence-electron chi connectivity index (χ2n) is 4.52. The normalized spacial score (nSPS) is 28.1. The number of carbonyl (C=O) groups excluding carboxylic acids is 1. The number of aliphatic hydroxyl groups is 1. The maximum Gasteiger partial charge on any atom is 0.237 e. The summed E-state index contributed by atoms with van der Waals surface area (Å²) in [6.45, 7) is 3.31. The van der Waals surface area contributed by atoms with Gasteiger partial charge in [0.05, 0.1) is 12.1 Å². The highest BCUT2D eigenvalue weighted by Gasteiger charge is 2.28. The summed E-state index contributed by atoms with van der Waals surface area (Å²) in [6.07, 6.45) is 0.130. The van der Waals surface area contributed by atoms with Crippen molar-refractivity contribution in [2.45, 2.75) is 31.5 Å². The fourth-order valence-corrected chi connectivity index (χ4v) is 1.85. The van der Waals surface area contributed by atoms with Crippen LogP contribution in [0.3, 0.4) is 0 Å². The predicted molar refractivity (Wildman–Crippen MR) is 58.6 cm³/mol. The van der Waals surface area contributed by atoms with Crippen LogP contribution in [0.25, 0.3) is 0 Å². The van der Waals surface area contributed by atoms with Crippen LogP contribution in [0.4, 0.5) is 0 Å². The minimum absolute atomic E-state index is 0.0131. The zero-order valence-electron chi connectivity index (χ0n) is 9.66. The molecule has 1 amide bonds. The minimum Gasteiger partial charge on any atom is -0.392 e. The molecule has 88 valence electrons. The van der Waals surface area contributed by atoms with Gasteiger partial charge in [-0.15, -0.1) is 0 Å². The molecule has 1 aliphatic heterocycles. The van der Waals surface area contributed by atoms with Crippen molar-refractivity contribution in [2.24, 2.45) is 0 Å². The van der Waals surface area contributed by atoms with E-state index in [1.807, 2.05) is 25.9 Å². The SMILES string of the molecule is CC(CN(C)C)NC(=O)C1CC(O)CN1. The first-order chi connectivity index (χ1) is 6.99. The molecule has 3 atom stereocenters. The van der Waals surface area contributed by atoms with Crippen molar-refractivity contribution < 1.29 is 9.90 Å². The third-order valence-corrected chi connectivity index (χ3v) is 2.45. The largest absolute Gasteiger partial charge is 0.392 e. The van der Waals surface area contributed by atoms with Gasteiger partial charge in [-0.1, -0.05) is 0 Å². The lowest BCUT2D eigenvalue weighted by Gasteiger charge is -2.20. The van der Waals surface area contributed by atoms with Gasteiger partial charge in [-0.2, -0.15) is 0 Å². The number of hydrogen-bond acceptors (Lipinski definition) is 4. The predicted octanol–water partition coefficient (Wildman–Crippen LogP) is -1.22. The van der Waals surface area contributed by atoms with Crippen molar-refractivity contribution in [3.63, 3.8) is 0 Å². The first-order valence-electron chi connectivity index (χ1n) is 5.35. The molecule has 1 heterocycles. The number of β-amino-alcohol motifs (C(OH)–C–C–N with tert-alkyl or cyclic N) is 1. The van der Waals surface area contributed by atoms with Gasteiger partial charge in [-0.05, 0) is 27.4 Å². The van der Waals surface area contributed by atoms with Crippen molar-refractivity contribution in [2.75, 3.05) is 27.2 Å². The van der Waals surface area contributed by atoms with E-state index in [-0.39, 0.29) is 24.1 Å². The molecule has 0 aromatic heterocycles. The van der Waals surface area contributed by atoms with Crippen LogP contribution < -0.4 is 10.6 Å². The van der Waals surface area contributed by atoms with Gasteiger partial charge in [0.15, 0.2) is 0 Å². The number of nitrogens with one attached hydrogen (secondary N) is 2. The van der Waals surface area contributed by atoms with Gasteiger partial charge in [0.1, 0.15) is 0 Å². The molecule has 1 rings (SSSR count). The average molecular weight is 215 g/mol. The summed E-state index contributed by atoms with van der Waals surface area (Å²) < 4.78 is 0. The van der Waals surface area contributed by atoms with Crippen LogP contribution in [-0.2, 0) is 4.79 Å². The number of amides is 1. The van der Waals surface area contributed by atoms with Gasteiger partial charge in [-0.25, -0.2) is 0 Å². The molecular formula is C10H21N3O2. The Bertz CT molecular complexity index is 221. The van der Waals surface area contributed by atoms with Gasteiger partial charge in [-0.3, -0.25) is 4.79 Å². The molecule has 15 heavy (non-hydrogen) atoms. The highest BCUT2D eigenvalue weighted by Crippen LogP contribution is 2.06. The molecular weight excluding hydrogens is 194 g/mol. The summed E-state index contributed by atoms with van der Waals surface area (Å²) in [5.41, 5.74) is 0. The van der Waals surface area contributed by atoms with E-state index in [9.17, 15) is 9.90 Å². The van der Waals surface area contributed by atoms with Crippen molar-refractivity contribution >= 4 is 5.91 Å². The van der Waals surface area contributed by atoms with Gasteiger partial charge in [0.2, 0.25) is 5.91 Å². The Labute approximate surface area is 90.8 Å². The lowest BCUT2D eigenvalue weighted by Crippen LogP contribution is -2.47. The Kier molecular flexibility index (Phi) is 4.50. The summed E-state index contributed by atoms with van der Waals surface area (Å²) in [7, 11) is 3.94. The summed E-state index contributed by atoms with van der Waals surface area (Å²) in [5, 5.41) is 15.2. The molecule has 1 fully saturated rings. The fourth-order valence-electron chi connectivity index (χ4n) is 1.85. The molecule has 1 aliphatic rings. The van der Waals surface area contributed by atoms with E-state index >= 15 is 0 Å². The van der Waals surface area contributed by atoms with E-state index in [1.54, 1.807) is 0 Å². The Hall–Kier alpha value is -0.650. The summed E-state index contributed by atoms with van der Waals surface area (Å²) in [4.78, 5) is 13.7. The second kappa shape index (κ2) is 5.44. The molecule has 0 radical (unpaired) electrons. The Morgan fingerprint density at radius 2 is 2.33 bits per heavy atom. The second-order valence-corrected chi connectivity index (χ2v) is 4.52. The van der Waals surface area contributed by atoms with Crippen molar-refractivity contribution in [3.8, 4) is 0 Å². The van der Waals surface area contributed by atoms with Crippen molar-refractivity contribution in [1.29, 1.82) is 0 Å². The standard InChI is InChI=1S/C10H21N3O2/c1-7(6-13(2)3)12-10(15)9-4-8(14)5-11-9/h7-9,11,14H,4-6H2,1-3H3,(H,12,15). The summed E-state index contributed by atoms with van der Waals surface area (Å²) >= 11 is 0. The van der Waals surface area contributed by atoms with Gasteiger partial charge >= 0.3 is 0 Å². The Morgan fingerprint density at radius 3 is 2.80 bits per heavy atom. The molecule has 3 unspecified atom stereocenters. The zero-order valence-corrected chi connectivity index (χ0v) is 9.66. The van der Waals surface area contributed by atoms with Crippen LogP contribution in [0.1, 0.15) is 13.3 Å².